The minimum atomic E-state index is 0.646. The molecule has 18 heavy (non-hydrogen) atoms. The summed E-state index contributed by atoms with van der Waals surface area (Å²) in [6.45, 7) is 2.07. The molecule has 0 unspecified atom stereocenters. The summed E-state index contributed by atoms with van der Waals surface area (Å²) in [5, 5.41) is 0.646. The zero-order valence-corrected chi connectivity index (χ0v) is 10.9. The van der Waals surface area contributed by atoms with Crippen molar-refractivity contribution in [1.29, 1.82) is 0 Å². The molecule has 0 radical (unpaired) electrons. The summed E-state index contributed by atoms with van der Waals surface area (Å²) < 4.78 is 5.29. The fourth-order valence-electron chi connectivity index (χ4n) is 1.47. The van der Waals surface area contributed by atoms with E-state index in [9.17, 15) is 0 Å². The van der Waals surface area contributed by atoms with Gasteiger partial charge in [-0.05, 0) is 24.6 Å². The molecule has 90 valence electrons. The van der Waals surface area contributed by atoms with Gasteiger partial charge in [-0.2, -0.15) is 0 Å². The van der Waals surface area contributed by atoms with Gasteiger partial charge in [0, 0.05) is 17.5 Å². The largest absolute Gasteiger partial charge is 0.408 e. The van der Waals surface area contributed by atoms with E-state index in [1.165, 1.54) is 11.1 Å². The van der Waals surface area contributed by atoms with Gasteiger partial charge in [-0.25, -0.2) is 0 Å². The Bertz CT molecular complexity index is 576. The lowest BCUT2D eigenvalue weighted by molar-refractivity contribution is 0.519. The van der Waals surface area contributed by atoms with Gasteiger partial charge in [0.25, 0.3) is 0 Å². The molecule has 0 atom stereocenters. The second-order valence-electron chi connectivity index (χ2n) is 4.00. The highest BCUT2D eigenvalue weighted by Crippen LogP contribution is 2.16. The summed E-state index contributed by atoms with van der Waals surface area (Å²) in [6, 6.07) is 15.5. The van der Waals surface area contributed by atoms with Crippen LogP contribution < -0.4 is 4.74 Å². The van der Waals surface area contributed by atoms with E-state index in [1.807, 2.05) is 12.1 Å². The predicted molar refractivity (Wildman–Crippen MR) is 74.7 cm³/mol. The van der Waals surface area contributed by atoms with Gasteiger partial charge in [0.1, 0.15) is 11.9 Å². The van der Waals surface area contributed by atoms with Crippen LogP contribution in [0.15, 0.2) is 48.5 Å². The third-order valence-corrected chi connectivity index (χ3v) is 2.69. The van der Waals surface area contributed by atoms with Gasteiger partial charge in [-0.1, -0.05) is 53.4 Å². The average molecular weight is 257 g/mol. The first-order valence-corrected chi connectivity index (χ1v) is 6.08. The summed E-state index contributed by atoms with van der Waals surface area (Å²) in [5.41, 5.74) is 2.43. The van der Waals surface area contributed by atoms with Crippen molar-refractivity contribution in [3.8, 4) is 17.8 Å². The van der Waals surface area contributed by atoms with E-state index in [4.69, 9.17) is 16.3 Å². The van der Waals surface area contributed by atoms with E-state index >= 15 is 0 Å². The highest BCUT2D eigenvalue weighted by molar-refractivity contribution is 6.30. The minimum absolute atomic E-state index is 0.646. The average Bonchev–Trinajstić information content (AvgIpc) is 2.37. The van der Waals surface area contributed by atoms with E-state index in [0.29, 0.717) is 17.2 Å². The number of ether oxygens (including phenoxy) is 1. The summed E-state index contributed by atoms with van der Waals surface area (Å²) >= 11 is 5.84. The first-order valence-electron chi connectivity index (χ1n) is 5.70. The fourth-order valence-corrected chi connectivity index (χ4v) is 1.65. The van der Waals surface area contributed by atoms with Crippen LogP contribution in [0, 0.1) is 19.0 Å². The predicted octanol–water partition coefficient (Wildman–Crippen LogP) is 4.23. The van der Waals surface area contributed by atoms with Crippen molar-refractivity contribution in [1.82, 2.24) is 0 Å². The Morgan fingerprint density at radius 3 is 2.61 bits per heavy atom. The van der Waals surface area contributed by atoms with Crippen LogP contribution in [0.4, 0.5) is 0 Å². The highest BCUT2D eigenvalue weighted by atomic mass is 35.5. The van der Waals surface area contributed by atoms with Crippen LogP contribution in [0.3, 0.4) is 0 Å². The first-order chi connectivity index (χ1) is 8.74. The second kappa shape index (κ2) is 6.14. The van der Waals surface area contributed by atoms with Crippen molar-refractivity contribution in [2.24, 2.45) is 0 Å². The number of hydrogen-bond acceptors (Lipinski definition) is 1. The SMILES string of the molecule is Cc1ccc(CC#COc2cccc(Cl)c2)cc1. The Balaban J connectivity index is 1.91. The quantitative estimate of drug-likeness (QED) is 0.731. The molecule has 1 nitrogen and oxygen atoms in total. The van der Waals surface area contributed by atoms with Crippen molar-refractivity contribution >= 4 is 11.6 Å². The lowest BCUT2D eigenvalue weighted by atomic mass is 10.1. The molecule has 2 rings (SSSR count). The van der Waals surface area contributed by atoms with Gasteiger partial charge >= 0.3 is 0 Å². The third-order valence-electron chi connectivity index (χ3n) is 2.45. The summed E-state index contributed by atoms with van der Waals surface area (Å²) in [7, 11) is 0. The van der Waals surface area contributed by atoms with Gasteiger partial charge < -0.3 is 4.74 Å². The molecule has 0 saturated carbocycles. The van der Waals surface area contributed by atoms with Crippen LogP contribution >= 0.6 is 11.6 Å². The second-order valence-corrected chi connectivity index (χ2v) is 4.44. The molecular weight excluding hydrogens is 244 g/mol. The number of rotatable bonds is 2. The molecule has 2 aromatic rings. The van der Waals surface area contributed by atoms with Crippen LogP contribution in [-0.4, -0.2) is 0 Å². The van der Waals surface area contributed by atoms with Gasteiger partial charge in [-0.3, -0.25) is 0 Å². The van der Waals surface area contributed by atoms with Crippen molar-refractivity contribution in [2.45, 2.75) is 13.3 Å². The lowest BCUT2D eigenvalue weighted by Gasteiger charge is -1.97. The Labute approximate surface area is 112 Å². The first kappa shape index (κ1) is 12.5. The van der Waals surface area contributed by atoms with E-state index in [0.717, 1.165) is 0 Å². The Morgan fingerprint density at radius 1 is 1.11 bits per heavy atom. The molecule has 0 spiro atoms. The van der Waals surface area contributed by atoms with E-state index in [2.05, 4.69) is 43.2 Å². The fraction of sp³-hybridized carbons (Fsp3) is 0.125. The van der Waals surface area contributed by atoms with Gasteiger partial charge in [0.05, 0.1) is 0 Å². The standard InChI is InChI=1S/C16H13ClO/c1-13-7-9-14(10-8-13)4-3-11-18-16-6-2-5-15(17)12-16/h2,5-10,12H,4H2,1H3. The molecule has 0 aromatic heterocycles. The van der Waals surface area contributed by atoms with Crippen LogP contribution in [0.25, 0.3) is 0 Å². The Morgan fingerprint density at radius 2 is 1.89 bits per heavy atom. The molecule has 0 saturated heterocycles. The maximum atomic E-state index is 5.84. The number of hydrogen-bond donors (Lipinski definition) is 0. The minimum Gasteiger partial charge on any atom is -0.408 e. The molecule has 0 N–H and O–H groups in total. The van der Waals surface area contributed by atoms with E-state index in [1.54, 1.807) is 12.1 Å². The maximum Gasteiger partial charge on any atom is 0.141 e. The van der Waals surface area contributed by atoms with Crippen molar-refractivity contribution < 1.29 is 4.74 Å². The molecule has 0 heterocycles. The molecule has 0 amide bonds. The monoisotopic (exact) mass is 256 g/mol. The summed E-state index contributed by atoms with van der Waals surface area (Å²) in [5.74, 6) is 3.64. The van der Waals surface area contributed by atoms with Gasteiger partial charge in [0.15, 0.2) is 0 Å². The van der Waals surface area contributed by atoms with Crippen molar-refractivity contribution in [2.75, 3.05) is 0 Å². The van der Waals surface area contributed by atoms with Crippen LogP contribution in [0.2, 0.25) is 5.02 Å². The Kier molecular flexibility index (Phi) is 4.28. The van der Waals surface area contributed by atoms with Crippen LogP contribution in [0.1, 0.15) is 11.1 Å². The number of halogens is 1. The lowest BCUT2D eigenvalue weighted by Crippen LogP contribution is -1.85. The van der Waals surface area contributed by atoms with Crippen LogP contribution in [0.5, 0.6) is 5.75 Å². The zero-order chi connectivity index (χ0) is 12.8. The summed E-state index contributed by atoms with van der Waals surface area (Å²) in [6.07, 6.45) is 3.36. The Hall–Kier alpha value is -1.91. The number of aryl methyl sites for hydroxylation is 1. The molecular formula is C16H13ClO. The van der Waals surface area contributed by atoms with E-state index in [-0.39, 0.29) is 0 Å². The van der Waals surface area contributed by atoms with Gasteiger partial charge in [-0.15, -0.1) is 0 Å². The molecule has 2 aromatic carbocycles. The topological polar surface area (TPSA) is 9.23 Å². The van der Waals surface area contributed by atoms with E-state index < -0.39 is 0 Å². The van der Waals surface area contributed by atoms with Crippen LogP contribution in [-0.2, 0) is 6.42 Å². The van der Waals surface area contributed by atoms with Crippen molar-refractivity contribution in [3.63, 3.8) is 0 Å². The molecule has 2 heteroatoms. The van der Waals surface area contributed by atoms with Crippen molar-refractivity contribution in [3.05, 3.63) is 64.7 Å². The highest BCUT2D eigenvalue weighted by Gasteiger charge is 1.92. The van der Waals surface area contributed by atoms with Gasteiger partial charge in [0.2, 0.25) is 0 Å². The summed E-state index contributed by atoms with van der Waals surface area (Å²) in [4.78, 5) is 0. The smallest absolute Gasteiger partial charge is 0.141 e. The molecule has 0 aliphatic heterocycles. The zero-order valence-electron chi connectivity index (χ0n) is 10.1. The molecule has 0 aliphatic carbocycles. The molecule has 0 bridgehead atoms. The number of benzene rings is 2. The molecule has 0 aliphatic rings. The normalized spacial score (nSPS) is 9.44. The third kappa shape index (κ3) is 3.84. The molecule has 0 fully saturated rings. The maximum absolute atomic E-state index is 5.84.